The largest absolute Gasteiger partial charge is 0.382 e. The Labute approximate surface area is 173 Å². The summed E-state index contributed by atoms with van der Waals surface area (Å²) in [7, 11) is 0. The molecule has 3 aromatic heterocycles. The number of rotatable bonds is 4. The summed E-state index contributed by atoms with van der Waals surface area (Å²) in [5.74, 6) is -0.166. The lowest BCUT2D eigenvalue weighted by atomic mass is 10.1. The average Bonchev–Trinajstić information content (AvgIpc) is 3.05. The summed E-state index contributed by atoms with van der Waals surface area (Å²) >= 11 is 12.1. The number of fused-ring (bicyclic) bond motifs is 1. The topological polar surface area (TPSA) is 118 Å². The van der Waals surface area contributed by atoms with E-state index in [2.05, 4.69) is 25.4 Å². The number of anilines is 2. The van der Waals surface area contributed by atoms with E-state index in [0.29, 0.717) is 27.6 Å². The highest BCUT2D eigenvalue weighted by Crippen LogP contribution is 2.28. The molecule has 29 heavy (non-hydrogen) atoms. The maximum Gasteiger partial charge on any atom is 0.155 e. The molecule has 0 radical (unpaired) electrons. The van der Waals surface area contributed by atoms with Crippen LogP contribution in [0.1, 0.15) is 11.1 Å². The zero-order chi connectivity index (χ0) is 20.5. The predicted octanol–water partition coefficient (Wildman–Crippen LogP) is 3.70. The number of hydrogen-bond acceptors (Lipinski definition) is 7. The highest BCUT2D eigenvalue weighted by molar-refractivity contribution is 6.31. The van der Waals surface area contributed by atoms with Gasteiger partial charge in [-0.25, -0.2) is 23.9 Å². The Hall–Kier alpha value is -3.48. The predicted molar refractivity (Wildman–Crippen MR) is 107 cm³/mol. The van der Waals surface area contributed by atoms with Crippen LogP contribution in [0.25, 0.3) is 16.9 Å². The molecule has 3 heterocycles. The van der Waals surface area contributed by atoms with Crippen LogP contribution in [0.4, 0.5) is 16.0 Å². The Balaban J connectivity index is 1.81. The maximum atomic E-state index is 13.9. The van der Waals surface area contributed by atoms with E-state index in [1.54, 1.807) is 12.1 Å². The van der Waals surface area contributed by atoms with E-state index in [4.69, 9.17) is 28.9 Å². The minimum absolute atomic E-state index is 0.0655. The van der Waals surface area contributed by atoms with Gasteiger partial charge in [0.1, 0.15) is 35.4 Å². The number of halogens is 3. The van der Waals surface area contributed by atoms with E-state index < -0.39 is 5.82 Å². The second kappa shape index (κ2) is 7.50. The molecule has 0 saturated carbocycles. The van der Waals surface area contributed by atoms with E-state index >= 15 is 0 Å². The lowest BCUT2D eigenvalue weighted by Crippen LogP contribution is -2.09. The standard InChI is InChI=1S/C18H11Cl2FN8/c19-11-1-9(2-12(21)4-11)16-10(3-15-24-7-14(20)29(15)28-16)6-25-18-13(5-22)17(23)26-8-27-18/h1-4,7-8H,6H2,(H3,23,25,26,27). The van der Waals surface area contributed by atoms with Gasteiger partial charge >= 0.3 is 0 Å². The molecule has 0 aliphatic carbocycles. The molecule has 144 valence electrons. The van der Waals surface area contributed by atoms with Gasteiger partial charge in [-0.1, -0.05) is 23.2 Å². The van der Waals surface area contributed by atoms with Crippen LogP contribution in [0.2, 0.25) is 10.2 Å². The van der Waals surface area contributed by atoms with Crippen LogP contribution in [0.5, 0.6) is 0 Å². The van der Waals surface area contributed by atoms with Crippen molar-refractivity contribution in [3.63, 3.8) is 0 Å². The maximum absolute atomic E-state index is 13.9. The van der Waals surface area contributed by atoms with Crippen molar-refractivity contribution in [3.05, 3.63) is 63.9 Å². The molecule has 0 amide bonds. The van der Waals surface area contributed by atoms with Crippen molar-refractivity contribution in [2.24, 2.45) is 0 Å². The van der Waals surface area contributed by atoms with Crippen LogP contribution in [-0.4, -0.2) is 24.6 Å². The number of aromatic nitrogens is 5. The summed E-state index contributed by atoms with van der Waals surface area (Å²) in [5.41, 5.74) is 7.90. The van der Waals surface area contributed by atoms with Gasteiger partial charge in [-0.2, -0.15) is 10.4 Å². The quantitative estimate of drug-likeness (QED) is 0.508. The van der Waals surface area contributed by atoms with Crippen LogP contribution in [0, 0.1) is 17.1 Å². The number of nitriles is 1. The number of benzene rings is 1. The molecule has 4 rings (SSSR count). The zero-order valence-electron chi connectivity index (χ0n) is 14.6. The molecule has 0 saturated heterocycles. The number of nitrogens with two attached hydrogens (primary N) is 1. The third-order valence-corrected chi connectivity index (χ3v) is 4.58. The van der Waals surface area contributed by atoms with Crippen LogP contribution < -0.4 is 11.1 Å². The average molecular weight is 429 g/mol. The SMILES string of the molecule is N#Cc1c(N)ncnc1NCc1cc2ncc(Cl)n2nc1-c1cc(F)cc(Cl)c1. The van der Waals surface area contributed by atoms with Gasteiger partial charge < -0.3 is 11.1 Å². The molecule has 4 aromatic rings. The molecule has 1 aromatic carbocycles. The summed E-state index contributed by atoms with van der Waals surface area (Å²) in [6.07, 6.45) is 2.71. The van der Waals surface area contributed by atoms with Gasteiger partial charge in [0.05, 0.1) is 11.9 Å². The summed E-state index contributed by atoms with van der Waals surface area (Å²) in [4.78, 5) is 12.0. The summed E-state index contributed by atoms with van der Waals surface area (Å²) in [6.45, 7) is 0.197. The molecule has 0 aliphatic heterocycles. The van der Waals surface area contributed by atoms with E-state index in [0.717, 1.165) is 0 Å². The summed E-state index contributed by atoms with van der Waals surface area (Å²) < 4.78 is 15.4. The molecule has 0 bridgehead atoms. The molecular weight excluding hydrogens is 418 g/mol. The molecule has 0 atom stereocenters. The van der Waals surface area contributed by atoms with Crippen molar-refractivity contribution in [2.75, 3.05) is 11.1 Å². The van der Waals surface area contributed by atoms with Gasteiger partial charge in [0.15, 0.2) is 10.8 Å². The Bertz CT molecular complexity index is 1260. The number of nitrogen functional groups attached to an aromatic ring is 1. The second-order valence-electron chi connectivity index (χ2n) is 5.98. The fourth-order valence-corrected chi connectivity index (χ4v) is 3.21. The fourth-order valence-electron chi connectivity index (χ4n) is 2.81. The van der Waals surface area contributed by atoms with Gasteiger partial charge in [-0.3, -0.25) is 0 Å². The van der Waals surface area contributed by atoms with Crippen molar-refractivity contribution in [2.45, 2.75) is 6.54 Å². The van der Waals surface area contributed by atoms with E-state index in [-0.39, 0.29) is 28.8 Å². The van der Waals surface area contributed by atoms with Gasteiger partial charge in [-0.15, -0.1) is 0 Å². The first kappa shape index (κ1) is 18.9. The van der Waals surface area contributed by atoms with E-state index in [1.807, 2.05) is 6.07 Å². The summed E-state index contributed by atoms with van der Waals surface area (Å²) in [5, 5.41) is 17.4. The van der Waals surface area contributed by atoms with Crippen LogP contribution in [0.15, 0.2) is 36.8 Å². The van der Waals surface area contributed by atoms with Crippen molar-refractivity contribution in [1.82, 2.24) is 24.6 Å². The molecular formula is C18H11Cl2FN8. The van der Waals surface area contributed by atoms with Crippen molar-refractivity contribution < 1.29 is 4.39 Å². The first-order chi connectivity index (χ1) is 14.0. The minimum Gasteiger partial charge on any atom is -0.382 e. The molecule has 0 spiro atoms. The third kappa shape index (κ3) is 3.63. The van der Waals surface area contributed by atoms with Crippen LogP contribution in [-0.2, 0) is 6.54 Å². The third-order valence-electron chi connectivity index (χ3n) is 4.10. The van der Waals surface area contributed by atoms with Crippen LogP contribution in [0.3, 0.4) is 0 Å². The van der Waals surface area contributed by atoms with E-state index in [9.17, 15) is 9.65 Å². The first-order valence-electron chi connectivity index (χ1n) is 8.20. The lowest BCUT2D eigenvalue weighted by molar-refractivity contribution is 0.628. The fraction of sp³-hybridized carbons (Fsp3) is 0.0556. The molecule has 0 unspecified atom stereocenters. The highest BCUT2D eigenvalue weighted by Gasteiger charge is 2.15. The van der Waals surface area contributed by atoms with Crippen LogP contribution >= 0.6 is 23.2 Å². The van der Waals surface area contributed by atoms with Crippen molar-refractivity contribution >= 4 is 40.5 Å². The molecule has 0 fully saturated rings. The Morgan fingerprint density at radius 3 is 2.76 bits per heavy atom. The van der Waals surface area contributed by atoms with Gasteiger partial charge in [0.2, 0.25) is 0 Å². The number of nitrogens with zero attached hydrogens (tertiary/aromatic N) is 6. The molecule has 11 heteroatoms. The minimum atomic E-state index is -0.500. The normalized spacial score (nSPS) is 10.8. The zero-order valence-corrected chi connectivity index (χ0v) is 16.1. The lowest BCUT2D eigenvalue weighted by Gasteiger charge is -2.13. The van der Waals surface area contributed by atoms with Gasteiger partial charge in [0.25, 0.3) is 0 Å². The summed E-state index contributed by atoms with van der Waals surface area (Å²) in [6, 6.07) is 7.83. The number of imidazole rings is 1. The highest BCUT2D eigenvalue weighted by atomic mass is 35.5. The Morgan fingerprint density at radius 1 is 1.17 bits per heavy atom. The second-order valence-corrected chi connectivity index (χ2v) is 6.80. The van der Waals surface area contributed by atoms with E-state index in [1.165, 1.54) is 29.2 Å². The first-order valence-corrected chi connectivity index (χ1v) is 8.96. The Morgan fingerprint density at radius 2 is 2.00 bits per heavy atom. The monoisotopic (exact) mass is 428 g/mol. The van der Waals surface area contributed by atoms with Gasteiger partial charge in [0, 0.05) is 22.7 Å². The Kier molecular flexibility index (Phi) is 4.88. The smallest absolute Gasteiger partial charge is 0.155 e. The molecule has 0 aliphatic rings. The number of nitrogens with one attached hydrogen (secondary N) is 1. The van der Waals surface area contributed by atoms with Gasteiger partial charge in [-0.05, 0) is 24.3 Å². The molecule has 8 nitrogen and oxygen atoms in total. The number of hydrogen-bond donors (Lipinski definition) is 2. The van der Waals surface area contributed by atoms with Crippen molar-refractivity contribution in [1.29, 1.82) is 5.26 Å². The molecule has 3 N–H and O–H groups in total. The van der Waals surface area contributed by atoms with Crippen molar-refractivity contribution in [3.8, 4) is 17.3 Å².